The number of carbonyl (C=O) groups is 2. The molecule has 0 aliphatic heterocycles. The Hall–Kier alpha value is -2.98. The number of ether oxygens (including phenoxy) is 1. The summed E-state index contributed by atoms with van der Waals surface area (Å²) >= 11 is 0. The summed E-state index contributed by atoms with van der Waals surface area (Å²) < 4.78 is 4.26. The Labute approximate surface area is 155 Å². The molecule has 27 heavy (non-hydrogen) atoms. The molecule has 0 aromatic heterocycles. The molecule has 0 saturated carbocycles. The van der Waals surface area contributed by atoms with Crippen molar-refractivity contribution < 1.29 is 50.1 Å². The number of hydrogen-bond acceptors (Lipinski definition) is 9. The molecular formula is C17H24O10. The van der Waals surface area contributed by atoms with Gasteiger partial charge in [0.1, 0.15) is 0 Å². The molecule has 1 rings (SSSR count). The molecule has 10 nitrogen and oxygen atoms in total. The average molecular weight is 388 g/mol. The van der Waals surface area contributed by atoms with E-state index in [9.17, 15) is 24.9 Å². The SMILES string of the molecule is CC/C=C(/O)CCC(O)C(O)C(=O)OC.O=C(O)c1cc(O)c(O)c(O)c1. The van der Waals surface area contributed by atoms with Crippen LogP contribution in [-0.4, -0.2) is 67.0 Å². The van der Waals surface area contributed by atoms with Gasteiger partial charge in [-0.25, -0.2) is 9.59 Å². The second kappa shape index (κ2) is 11.6. The van der Waals surface area contributed by atoms with Crippen LogP contribution < -0.4 is 0 Å². The minimum absolute atomic E-state index is 0.110. The van der Waals surface area contributed by atoms with Crippen molar-refractivity contribution in [2.45, 2.75) is 38.4 Å². The molecular weight excluding hydrogens is 364 g/mol. The number of allylic oxidation sites excluding steroid dienone is 2. The van der Waals surface area contributed by atoms with Gasteiger partial charge in [-0.3, -0.25) is 0 Å². The molecule has 0 radical (unpaired) electrons. The lowest BCUT2D eigenvalue weighted by Gasteiger charge is -2.15. The number of phenolic OH excluding ortho intramolecular Hbond substituents is 3. The number of esters is 1. The van der Waals surface area contributed by atoms with Crippen LogP contribution in [0.3, 0.4) is 0 Å². The lowest BCUT2D eigenvalue weighted by atomic mass is 10.1. The normalized spacial score (nSPS) is 13.1. The molecule has 2 atom stereocenters. The fourth-order valence-electron chi connectivity index (χ4n) is 1.80. The first-order chi connectivity index (χ1) is 12.5. The molecule has 0 fully saturated rings. The third kappa shape index (κ3) is 8.29. The molecule has 0 bridgehead atoms. The summed E-state index contributed by atoms with van der Waals surface area (Å²) in [4.78, 5) is 21.1. The van der Waals surface area contributed by atoms with E-state index in [0.29, 0.717) is 6.42 Å². The van der Waals surface area contributed by atoms with Gasteiger partial charge in [0.2, 0.25) is 0 Å². The maximum Gasteiger partial charge on any atom is 0.337 e. The number of aliphatic hydroxyl groups excluding tert-OH is 3. The molecule has 0 heterocycles. The zero-order valence-corrected chi connectivity index (χ0v) is 14.9. The van der Waals surface area contributed by atoms with Crippen molar-refractivity contribution in [1.29, 1.82) is 0 Å². The van der Waals surface area contributed by atoms with Gasteiger partial charge in [0, 0.05) is 6.42 Å². The van der Waals surface area contributed by atoms with Gasteiger partial charge in [0.15, 0.2) is 23.4 Å². The van der Waals surface area contributed by atoms with E-state index in [0.717, 1.165) is 19.2 Å². The van der Waals surface area contributed by atoms with Crippen LogP contribution in [0.4, 0.5) is 0 Å². The number of rotatable bonds is 7. The van der Waals surface area contributed by atoms with Crippen LogP contribution in [0.5, 0.6) is 17.2 Å². The van der Waals surface area contributed by atoms with Gasteiger partial charge in [0.25, 0.3) is 0 Å². The highest BCUT2D eigenvalue weighted by atomic mass is 16.5. The third-order valence-electron chi connectivity index (χ3n) is 3.26. The first-order valence-corrected chi connectivity index (χ1v) is 7.85. The minimum Gasteiger partial charge on any atom is -0.513 e. The number of carboxylic acids is 1. The van der Waals surface area contributed by atoms with Crippen LogP contribution in [0, 0.1) is 0 Å². The van der Waals surface area contributed by atoms with E-state index in [4.69, 9.17) is 20.4 Å². The van der Waals surface area contributed by atoms with Crippen LogP contribution in [0.1, 0.15) is 36.5 Å². The van der Waals surface area contributed by atoms with Crippen molar-refractivity contribution >= 4 is 11.9 Å². The molecule has 2 unspecified atom stereocenters. The second-order valence-electron chi connectivity index (χ2n) is 5.35. The number of phenols is 3. The number of carbonyl (C=O) groups excluding carboxylic acids is 1. The van der Waals surface area contributed by atoms with Gasteiger partial charge >= 0.3 is 11.9 Å². The molecule has 0 amide bonds. The Morgan fingerprint density at radius 3 is 2.04 bits per heavy atom. The number of hydrogen-bond donors (Lipinski definition) is 7. The predicted molar refractivity (Wildman–Crippen MR) is 92.7 cm³/mol. The van der Waals surface area contributed by atoms with Crippen molar-refractivity contribution in [3.8, 4) is 17.2 Å². The molecule has 7 N–H and O–H groups in total. The van der Waals surface area contributed by atoms with Crippen LogP contribution in [0.2, 0.25) is 0 Å². The molecule has 1 aromatic rings. The first-order valence-electron chi connectivity index (χ1n) is 7.85. The van der Waals surface area contributed by atoms with Gasteiger partial charge < -0.3 is 40.5 Å². The zero-order chi connectivity index (χ0) is 21.1. The molecule has 152 valence electrons. The van der Waals surface area contributed by atoms with E-state index < -0.39 is 41.4 Å². The van der Waals surface area contributed by atoms with E-state index in [-0.39, 0.29) is 24.2 Å². The average Bonchev–Trinajstić information content (AvgIpc) is 2.63. The Kier molecular flexibility index (Phi) is 10.3. The predicted octanol–water partition coefficient (Wildman–Crippen LogP) is 1.01. The van der Waals surface area contributed by atoms with E-state index in [1.807, 2.05) is 6.92 Å². The molecule has 0 spiro atoms. The number of benzene rings is 1. The Morgan fingerprint density at radius 1 is 1.11 bits per heavy atom. The van der Waals surface area contributed by atoms with Gasteiger partial charge in [0.05, 0.1) is 24.5 Å². The van der Waals surface area contributed by atoms with Crippen molar-refractivity contribution in [1.82, 2.24) is 0 Å². The van der Waals surface area contributed by atoms with Gasteiger partial charge in [-0.15, -0.1) is 0 Å². The van der Waals surface area contributed by atoms with E-state index in [1.54, 1.807) is 6.08 Å². The monoisotopic (exact) mass is 388 g/mol. The molecule has 0 saturated heterocycles. The lowest BCUT2D eigenvalue weighted by molar-refractivity contribution is -0.156. The van der Waals surface area contributed by atoms with Crippen LogP contribution in [0.25, 0.3) is 0 Å². The summed E-state index contributed by atoms with van der Waals surface area (Å²) in [5.41, 5.74) is -0.289. The second-order valence-corrected chi connectivity index (χ2v) is 5.35. The number of aromatic carboxylic acids is 1. The van der Waals surface area contributed by atoms with Crippen LogP contribution in [-0.2, 0) is 9.53 Å². The first kappa shape index (κ1) is 24.0. The maximum atomic E-state index is 10.8. The molecule has 10 heteroatoms. The third-order valence-corrected chi connectivity index (χ3v) is 3.26. The minimum atomic E-state index is -1.55. The summed E-state index contributed by atoms with van der Waals surface area (Å²) in [7, 11) is 1.13. The summed E-state index contributed by atoms with van der Waals surface area (Å²) in [6.07, 6.45) is -0.130. The van der Waals surface area contributed by atoms with E-state index >= 15 is 0 Å². The van der Waals surface area contributed by atoms with Crippen LogP contribution >= 0.6 is 0 Å². The highest BCUT2D eigenvalue weighted by Gasteiger charge is 2.24. The Bertz CT molecular complexity index is 645. The standard InChI is InChI=1S/C10H18O5.C7H6O5/c1-3-4-7(11)5-6-8(12)9(13)10(14)15-2;8-4-1-3(7(11)12)2-5(9)6(4)10/h4,8-9,11-13H,3,5-6H2,1-2H3;1-2,8-10H,(H,11,12)/b7-4+;. The highest BCUT2D eigenvalue weighted by molar-refractivity contribution is 5.89. The largest absolute Gasteiger partial charge is 0.513 e. The zero-order valence-electron chi connectivity index (χ0n) is 14.9. The van der Waals surface area contributed by atoms with Crippen molar-refractivity contribution in [3.63, 3.8) is 0 Å². The summed E-state index contributed by atoms with van der Waals surface area (Å²) in [5.74, 6) is -4.06. The summed E-state index contributed by atoms with van der Waals surface area (Å²) in [6, 6.07) is 1.69. The van der Waals surface area contributed by atoms with E-state index in [2.05, 4.69) is 4.74 Å². The molecule has 1 aromatic carbocycles. The number of aromatic hydroxyl groups is 3. The summed E-state index contributed by atoms with van der Waals surface area (Å²) in [6.45, 7) is 1.87. The van der Waals surface area contributed by atoms with Crippen molar-refractivity contribution in [2.24, 2.45) is 0 Å². The van der Waals surface area contributed by atoms with Gasteiger partial charge in [-0.2, -0.15) is 0 Å². The Morgan fingerprint density at radius 2 is 1.63 bits per heavy atom. The van der Waals surface area contributed by atoms with Crippen LogP contribution in [0.15, 0.2) is 24.0 Å². The molecule has 0 aliphatic carbocycles. The lowest BCUT2D eigenvalue weighted by Crippen LogP contribution is -2.34. The fraction of sp³-hybridized carbons (Fsp3) is 0.412. The quantitative estimate of drug-likeness (QED) is 0.202. The number of aliphatic hydroxyl groups is 3. The number of carboxylic acid groups (broad SMARTS) is 1. The Balaban J connectivity index is 0.000000511. The topological polar surface area (TPSA) is 185 Å². The van der Waals surface area contributed by atoms with Gasteiger partial charge in [-0.05, 0) is 31.1 Å². The highest BCUT2D eigenvalue weighted by Crippen LogP contribution is 2.35. The number of methoxy groups -OCH3 is 1. The maximum absolute atomic E-state index is 10.8. The summed E-state index contributed by atoms with van der Waals surface area (Å²) in [5, 5.41) is 62.7. The smallest absolute Gasteiger partial charge is 0.337 e. The molecule has 0 aliphatic rings. The fourth-order valence-corrected chi connectivity index (χ4v) is 1.80. The van der Waals surface area contributed by atoms with E-state index in [1.165, 1.54) is 0 Å². The van der Waals surface area contributed by atoms with Crippen molar-refractivity contribution in [2.75, 3.05) is 7.11 Å². The van der Waals surface area contributed by atoms with Crippen molar-refractivity contribution in [3.05, 3.63) is 29.5 Å². The van der Waals surface area contributed by atoms with Gasteiger partial charge in [-0.1, -0.05) is 6.92 Å².